The van der Waals surface area contributed by atoms with E-state index >= 15 is 0 Å². The third kappa shape index (κ3) is 10.5. The van der Waals surface area contributed by atoms with Gasteiger partial charge in [-0.1, -0.05) is 41.4 Å². The highest BCUT2D eigenvalue weighted by Crippen LogP contribution is 2.23. The molecule has 134 valence electrons. The molecule has 9 heteroatoms. The summed E-state index contributed by atoms with van der Waals surface area (Å²) in [6.07, 6.45) is 3.20. The molecule has 0 aliphatic heterocycles. The van der Waals surface area contributed by atoms with E-state index in [4.69, 9.17) is 10.5 Å². The standard InChI is InChI=1S/C14H26N2O5S2/c1-4-5-6-7-12(17)16-11(14(19)21-3)9-23-22-8-10(15)13(18)20-2/h10-11H,4-9,15H2,1-3H3,(H,16,17)/t10?,11-/m0/s1. The van der Waals surface area contributed by atoms with Gasteiger partial charge in [0.05, 0.1) is 14.2 Å². The Kier molecular flexibility index (Phi) is 13.0. The summed E-state index contributed by atoms with van der Waals surface area (Å²) in [4.78, 5) is 34.7. The first-order chi connectivity index (χ1) is 11.0. The van der Waals surface area contributed by atoms with Crippen molar-refractivity contribution in [3.8, 4) is 0 Å². The molecule has 0 bridgehead atoms. The normalized spacial score (nSPS) is 13.0. The van der Waals surface area contributed by atoms with Gasteiger partial charge in [0.25, 0.3) is 0 Å². The molecule has 23 heavy (non-hydrogen) atoms. The zero-order valence-electron chi connectivity index (χ0n) is 13.8. The Hall–Kier alpha value is -0.930. The van der Waals surface area contributed by atoms with Crippen LogP contribution < -0.4 is 11.1 Å². The first kappa shape index (κ1) is 22.1. The third-order valence-electron chi connectivity index (χ3n) is 2.90. The number of hydrogen-bond donors (Lipinski definition) is 2. The maximum atomic E-state index is 11.8. The second kappa shape index (κ2) is 13.5. The Morgan fingerprint density at radius 1 is 1.04 bits per heavy atom. The van der Waals surface area contributed by atoms with Crippen LogP contribution in [-0.2, 0) is 23.9 Å². The van der Waals surface area contributed by atoms with Gasteiger partial charge >= 0.3 is 11.9 Å². The van der Waals surface area contributed by atoms with Crippen LogP contribution in [0.25, 0.3) is 0 Å². The quantitative estimate of drug-likeness (QED) is 0.300. The maximum Gasteiger partial charge on any atom is 0.329 e. The number of nitrogens with one attached hydrogen (secondary N) is 1. The van der Waals surface area contributed by atoms with Crippen molar-refractivity contribution in [3.63, 3.8) is 0 Å². The van der Waals surface area contributed by atoms with Gasteiger partial charge in [0.1, 0.15) is 12.1 Å². The number of hydrogen-bond acceptors (Lipinski definition) is 8. The van der Waals surface area contributed by atoms with Crippen LogP contribution >= 0.6 is 21.6 Å². The SMILES string of the molecule is CCCCCC(=O)N[C@@H](CSSCC(N)C(=O)OC)C(=O)OC. The summed E-state index contributed by atoms with van der Waals surface area (Å²) in [5.74, 6) is -0.433. The average Bonchev–Trinajstić information content (AvgIpc) is 2.55. The van der Waals surface area contributed by atoms with Crippen LogP contribution in [-0.4, -0.2) is 55.7 Å². The van der Waals surface area contributed by atoms with Crippen molar-refractivity contribution in [2.24, 2.45) is 5.73 Å². The number of methoxy groups -OCH3 is 2. The predicted molar refractivity (Wildman–Crippen MR) is 93.0 cm³/mol. The van der Waals surface area contributed by atoms with Crippen LogP contribution in [0, 0.1) is 0 Å². The van der Waals surface area contributed by atoms with Crippen molar-refractivity contribution in [2.45, 2.75) is 44.7 Å². The van der Waals surface area contributed by atoms with Crippen LogP contribution in [0.3, 0.4) is 0 Å². The van der Waals surface area contributed by atoms with Gasteiger partial charge in [0.15, 0.2) is 0 Å². The molecule has 0 aliphatic carbocycles. The highest BCUT2D eigenvalue weighted by molar-refractivity contribution is 8.76. The molecule has 1 amide bonds. The van der Waals surface area contributed by atoms with E-state index in [0.29, 0.717) is 17.9 Å². The Bertz CT molecular complexity index is 382. The van der Waals surface area contributed by atoms with Crippen molar-refractivity contribution in [1.82, 2.24) is 5.32 Å². The third-order valence-corrected chi connectivity index (χ3v) is 5.35. The van der Waals surface area contributed by atoms with Crippen molar-refractivity contribution < 1.29 is 23.9 Å². The summed E-state index contributed by atoms with van der Waals surface area (Å²) in [5, 5.41) is 2.68. The molecule has 0 saturated heterocycles. The summed E-state index contributed by atoms with van der Waals surface area (Å²) in [7, 11) is 5.25. The van der Waals surface area contributed by atoms with Crippen LogP contribution in [0.1, 0.15) is 32.6 Å². The molecule has 3 N–H and O–H groups in total. The monoisotopic (exact) mass is 366 g/mol. The lowest BCUT2D eigenvalue weighted by molar-refractivity contribution is -0.144. The van der Waals surface area contributed by atoms with Crippen molar-refractivity contribution in [3.05, 3.63) is 0 Å². The topological polar surface area (TPSA) is 108 Å². The highest BCUT2D eigenvalue weighted by atomic mass is 33.1. The van der Waals surface area contributed by atoms with Gasteiger partial charge in [-0.25, -0.2) is 4.79 Å². The number of unbranched alkanes of at least 4 members (excludes halogenated alkanes) is 2. The maximum absolute atomic E-state index is 11.8. The molecule has 0 spiro atoms. The van der Waals surface area contributed by atoms with Crippen molar-refractivity contribution in [2.75, 3.05) is 25.7 Å². The molecule has 2 atom stereocenters. The Morgan fingerprint density at radius 2 is 1.65 bits per heavy atom. The van der Waals surface area contributed by atoms with E-state index in [1.165, 1.54) is 35.8 Å². The molecular weight excluding hydrogens is 340 g/mol. The fourth-order valence-electron chi connectivity index (χ4n) is 1.57. The number of esters is 2. The molecule has 0 fully saturated rings. The van der Waals surface area contributed by atoms with E-state index in [9.17, 15) is 14.4 Å². The second-order valence-electron chi connectivity index (χ2n) is 4.80. The minimum absolute atomic E-state index is 0.161. The number of carbonyl (C=O) groups excluding carboxylic acids is 3. The first-order valence-electron chi connectivity index (χ1n) is 7.41. The Morgan fingerprint density at radius 3 is 2.22 bits per heavy atom. The fourth-order valence-corrected chi connectivity index (χ4v) is 3.83. The van der Waals surface area contributed by atoms with E-state index in [1.54, 1.807) is 0 Å². The van der Waals surface area contributed by atoms with E-state index < -0.39 is 24.0 Å². The molecule has 0 radical (unpaired) electrons. The Balaban J connectivity index is 4.18. The summed E-state index contributed by atoms with van der Waals surface area (Å²) in [5.41, 5.74) is 5.61. The molecule has 0 saturated carbocycles. The van der Waals surface area contributed by atoms with Gasteiger partial charge in [-0.2, -0.15) is 0 Å². The van der Waals surface area contributed by atoms with E-state index in [-0.39, 0.29) is 5.91 Å². The van der Waals surface area contributed by atoms with Gasteiger partial charge in [-0.3, -0.25) is 9.59 Å². The lowest BCUT2D eigenvalue weighted by Crippen LogP contribution is -2.43. The van der Waals surface area contributed by atoms with Gasteiger partial charge < -0.3 is 20.5 Å². The molecular formula is C14H26N2O5S2. The largest absolute Gasteiger partial charge is 0.468 e. The predicted octanol–water partition coefficient (Wildman–Crippen LogP) is 1.11. The number of ether oxygens (including phenoxy) is 2. The van der Waals surface area contributed by atoms with Gasteiger partial charge in [0, 0.05) is 17.9 Å². The lowest BCUT2D eigenvalue weighted by atomic mass is 10.2. The number of carbonyl (C=O) groups is 3. The smallest absolute Gasteiger partial charge is 0.329 e. The molecule has 1 unspecified atom stereocenters. The zero-order valence-corrected chi connectivity index (χ0v) is 15.5. The molecule has 0 rings (SSSR count). The fraction of sp³-hybridized carbons (Fsp3) is 0.786. The molecule has 0 aliphatic rings. The second-order valence-corrected chi connectivity index (χ2v) is 7.35. The molecule has 7 nitrogen and oxygen atoms in total. The lowest BCUT2D eigenvalue weighted by Gasteiger charge is -2.16. The molecule has 0 heterocycles. The van der Waals surface area contributed by atoms with Gasteiger partial charge in [0.2, 0.25) is 5.91 Å². The summed E-state index contributed by atoms with van der Waals surface area (Å²) in [6, 6.07) is -1.42. The first-order valence-corrected chi connectivity index (χ1v) is 9.90. The number of amides is 1. The summed E-state index contributed by atoms with van der Waals surface area (Å²) < 4.78 is 9.23. The summed E-state index contributed by atoms with van der Waals surface area (Å²) >= 11 is 0. The van der Waals surface area contributed by atoms with E-state index in [0.717, 1.165) is 19.3 Å². The van der Waals surface area contributed by atoms with E-state index in [1.807, 2.05) is 0 Å². The zero-order chi connectivity index (χ0) is 17.7. The minimum Gasteiger partial charge on any atom is -0.468 e. The molecule has 0 aromatic carbocycles. The number of rotatable bonds is 12. The average molecular weight is 367 g/mol. The summed E-state index contributed by atoms with van der Waals surface area (Å²) in [6.45, 7) is 2.06. The Labute approximate surface area is 145 Å². The van der Waals surface area contributed by atoms with Crippen molar-refractivity contribution in [1.29, 1.82) is 0 Å². The van der Waals surface area contributed by atoms with Gasteiger partial charge in [-0.15, -0.1) is 0 Å². The van der Waals surface area contributed by atoms with Crippen molar-refractivity contribution >= 4 is 39.4 Å². The van der Waals surface area contributed by atoms with Crippen LogP contribution in [0.2, 0.25) is 0 Å². The van der Waals surface area contributed by atoms with Crippen LogP contribution in [0.4, 0.5) is 0 Å². The van der Waals surface area contributed by atoms with Gasteiger partial charge in [-0.05, 0) is 6.42 Å². The highest BCUT2D eigenvalue weighted by Gasteiger charge is 2.22. The minimum atomic E-state index is -0.710. The van der Waals surface area contributed by atoms with E-state index in [2.05, 4.69) is 17.0 Å². The molecule has 0 aromatic heterocycles. The number of nitrogens with two attached hydrogens (primary N) is 1. The van der Waals surface area contributed by atoms with Crippen LogP contribution in [0.15, 0.2) is 0 Å². The molecule has 0 aromatic rings. The van der Waals surface area contributed by atoms with Crippen LogP contribution in [0.5, 0.6) is 0 Å².